The second kappa shape index (κ2) is 10.7. The van der Waals surface area contributed by atoms with Gasteiger partial charge in [0.15, 0.2) is 0 Å². The zero-order chi connectivity index (χ0) is 18.8. The van der Waals surface area contributed by atoms with Gasteiger partial charge in [-0.2, -0.15) is 0 Å². The van der Waals surface area contributed by atoms with Gasteiger partial charge in [0, 0.05) is 18.2 Å². The highest BCUT2D eigenvalue weighted by Crippen LogP contribution is 2.18. The Morgan fingerprint density at radius 2 is 1.62 bits per heavy atom. The lowest BCUT2D eigenvalue weighted by Gasteiger charge is -2.16. The number of benzene rings is 2. The van der Waals surface area contributed by atoms with Crippen molar-refractivity contribution in [3.8, 4) is 0 Å². The largest absolute Gasteiger partial charge is 0.355 e. The summed E-state index contributed by atoms with van der Waals surface area (Å²) < 4.78 is 0. The molecule has 2 aromatic rings. The molecule has 0 aliphatic heterocycles. The van der Waals surface area contributed by atoms with Gasteiger partial charge in [0.2, 0.25) is 11.8 Å². The number of aryl methyl sites for hydroxylation is 1. The van der Waals surface area contributed by atoms with Crippen LogP contribution in [0.25, 0.3) is 0 Å². The molecule has 0 saturated heterocycles. The molecule has 0 heterocycles. The molecule has 2 aromatic carbocycles. The van der Waals surface area contributed by atoms with E-state index in [0.29, 0.717) is 12.5 Å². The van der Waals surface area contributed by atoms with Gasteiger partial charge in [0.05, 0.1) is 11.5 Å². The Kier molecular flexibility index (Phi) is 8.22. The molecule has 0 bridgehead atoms. The Morgan fingerprint density at radius 1 is 0.962 bits per heavy atom. The van der Waals surface area contributed by atoms with Crippen LogP contribution >= 0.6 is 11.8 Å². The summed E-state index contributed by atoms with van der Waals surface area (Å²) in [6, 6.07) is 17.9. The van der Waals surface area contributed by atoms with Crippen molar-refractivity contribution in [1.29, 1.82) is 0 Å². The van der Waals surface area contributed by atoms with Crippen molar-refractivity contribution in [2.24, 2.45) is 0 Å². The van der Waals surface area contributed by atoms with Crippen LogP contribution < -0.4 is 10.6 Å². The average Bonchev–Trinajstić information content (AvgIpc) is 2.65. The van der Waals surface area contributed by atoms with Crippen LogP contribution in [0, 0.1) is 6.92 Å². The lowest BCUT2D eigenvalue weighted by atomic mass is 9.96. The Morgan fingerprint density at radius 3 is 2.27 bits per heavy atom. The third-order valence-corrected chi connectivity index (χ3v) is 5.04. The minimum Gasteiger partial charge on any atom is -0.355 e. The standard InChI is InChI=1S/C21H26N2O2S/c1-3-17(18-7-5-4-6-8-18)13-22-20(24)14-26-15-21(25)23-19-11-9-16(2)10-12-19/h4-12,17H,3,13-15H2,1-2H3,(H,22,24)(H,23,25). The van der Waals surface area contributed by atoms with E-state index in [1.165, 1.54) is 17.3 Å². The molecule has 0 aliphatic rings. The Labute approximate surface area is 159 Å². The second-order valence-electron chi connectivity index (χ2n) is 6.23. The fraction of sp³-hybridized carbons (Fsp3) is 0.333. The summed E-state index contributed by atoms with van der Waals surface area (Å²) >= 11 is 1.32. The van der Waals surface area contributed by atoms with E-state index >= 15 is 0 Å². The monoisotopic (exact) mass is 370 g/mol. The number of hydrogen-bond donors (Lipinski definition) is 2. The van der Waals surface area contributed by atoms with Crippen LogP contribution in [-0.4, -0.2) is 29.9 Å². The van der Waals surface area contributed by atoms with Gasteiger partial charge in [-0.1, -0.05) is 55.0 Å². The Bertz CT molecular complexity index is 702. The fourth-order valence-electron chi connectivity index (χ4n) is 2.58. The lowest BCUT2D eigenvalue weighted by molar-refractivity contribution is -0.118. The van der Waals surface area contributed by atoms with Crippen molar-refractivity contribution in [1.82, 2.24) is 5.32 Å². The first kappa shape index (κ1) is 20.0. The van der Waals surface area contributed by atoms with E-state index in [0.717, 1.165) is 17.7 Å². The van der Waals surface area contributed by atoms with Crippen molar-refractivity contribution in [2.45, 2.75) is 26.2 Å². The summed E-state index contributed by atoms with van der Waals surface area (Å²) in [7, 11) is 0. The van der Waals surface area contributed by atoms with Crippen LogP contribution in [0.4, 0.5) is 5.69 Å². The van der Waals surface area contributed by atoms with E-state index in [2.05, 4.69) is 29.7 Å². The predicted molar refractivity (Wildman–Crippen MR) is 110 cm³/mol. The van der Waals surface area contributed by atoms with Gasteiger partial charge >= 0.3 is 0 Å². The van der Waals surface area contributed by atoms with E-state index in [4.69, 9.17) is 0 Å². The number of carbonyl (C=O) groups is 2. The van der Waals surface area contributed by atoms with E-state index in [1.54, 1.807) is 0 Å². The first-order valence-corrected chi connectivity index (χ1v) is 10.00. The summed E-state index contributed by atoms with van der Waals surface area (Å²) in [4.78, 5) is 23.9. The molecule has 4 nitrogen and oxygen atoms in total. The highest BCUT2D eigenvalue weighted by molar-refractivity contribution is 8.00. The van der Waals surface area contributed by atoms with Crippen molar-refractivity contribution >= 4 is 29.3 Å². The molecule has 5 heteroatoms. The highest BCUT2D eigenvalue weighted by Gasteiger charge is 2.11. The Hall–Kier alpha value is -2.27. The molecule has 138 valence electrons. The van der Waals surface area contributed by atoms with Gasteiger partial charge in [-0.25, -0.2) is 0 Å². The number of amides is 2. The molecule has 1 unspecified atom stereocenters. The number of rotatable bonds is 9. The summed E-state index contributed by atoms with van der Waals surface area (Å²) in [5.74, 6) is 0.730. The topological polar surface area (TPSA) is 58.2 Å². The lowest BCUT2D eigenvalue weighted by Crippen LogP contribution is -2.30. The third kappa shape index (κ3) is 6.92. The normalized spacial score (nSPS) is 11.6. The number of anilines is 1. The fourth-order valence-corrected chi connectivity index (χ4v) is 3.23. The molecule has 0 saturated carbocycles. The van der Waals surface area contributed by atoms with E-state index in [1.807, 2.05) is 49.4 Å². The molecule has 0 radical (unpaired) electrons. The molecule has 2 rings (SSSR count). The first-order chi connectivity index (χ1) is 12.6. The molecule has 0 aromatic heterocycles. The molecule has 26 heavy (non-hydrogen) atoms. The Balaban J connectivity index is 1.66. The molecule has 0 fully saturated rings. The highest BCUT2D eigenvalue weighted by atomic mass is 32.2. The van der Waals surface area contributed by atoms with Crippen molar-refractivity contribution in [3.05, 3.63) is 65.7 Å². The van der Waals surface area contributed by atoms with Crippen LogP contribution in [0.2, 0.25) is 0 Å². The molecule has 2 amide bonds. The van der Waals surface area contributed by atoms with Gasteiger partial charge in [-0.3, -0.25) is 9.59 Å². The minimum atomic E-state index is -0.0950. The molecule has 0 spiro atoms. The number of nitrogens with one attached hydrogen (secondary N) is 2. The SMILES string of the molecule is CCC(CNC(=O)CSCC(=O)Nc1ccc(C)cc1)c1ccccc1. The minimum absolute atomic E-state index is 0.0347. The molecule has 2 N–H and O–H groups in total. The average molecular weight is 371 g/mol. The predicted octanol–water partition coefficient (Wildman–Crippen LogP) is 3.98. The number of hydrogen-bond acceptors (Lipinski definition) is 3. The van der Waals surface area contributed by atoms with Crippen LogP contribution in [0.3, 0.4) is 0 Å². The van der Waals surface area contributed by atoms with E-state index in [-0.39, 0.29) is 23.3 Å². The third-order valence-electron chi connectivity index (χ3n) is 4.11. The summed E-state index contributed by atoms with van der Waals surface area (Å²) in [5, 5.41) is 5.80. The first-order valence-electron chi connectivity index (χ1n) is 8.84. The van der Waals surface area contributed by atoms with Crippen LogP contribution in [0.1, 0.15) is 30.4 Å². The number of thioether (sulfide) groups is 1. The maximum Gasteiger partial charge on any atom is 0.234 e. The van der Waals surface area contributed by atoms with Gasteiger partial charge in [0.25, 0.3) is 0 Å². The van der Waals surface area contributed by atoms with Gasteiger partial charge in [0.1, 0.15) is 0 Å². The second-order valence-corrected chi connectivity index (χ2v) is 7.21. The summed E-state index contributed by atoms with van der Waals surface area (Å²) in [6.07, 6.45) is 0.969. The zero-order valence-corrected chi connectivity index (χ0v) is 16.1. The van der Waals surface area contributed by atoms with Crippen LogP contribution in [-0.2, 0) is 9.59 Å². The quantitative estimate of drug-likeness (QED) is 0.702. The smallest absolute Gasteiger partial charge is 0.234 e. The summed E-state index contributed by atoms with van der Waals surface area (Å²) in [5.41, 5.74) is 3.16. The molecule has 0 aliphatic carbocycles. The number of carbonyl (C=O) groups excluding carboxylic acids is 2. The molecule has 1 atom stereocenters. The van der Waals surface area contributed by atoms with E-state index in [9.17, 15) is 9.59 Å². The maximum atomic E-state index is 12.0. The van der Waals surface area contributed by atoms with E-state index < -0.39 is 0 Å². The molecular weight excluding hydrogens is 344 g/mol. The zero-order valence-electron chi connectivity index (χ0n) is 15.3. The van der Waals surface area contributed by atoms with Crippen molar-refractivity contribution in [3.63, 3.8) is 0 Å². The maximum absolute atomic E-state index is 12.0. The van der Waals surface area contributed by atoms with Crippen molar-refractivity contribution < 1.29 is 9.59 Å². The van der Waals surface area contributed by atoms with Gasteiger partial charge in [-0.15, -0.1) is 11.8 Å². The van der Waals surface area contributed by atoms with Gasteiger partial charge in [-0.05, 0) is 31.0 Å². The van der Waals surface area contributed by atoms with Crippen LogP contribution in [0.5, 0.6) is 0 Å². The molecular formula is C21H26N2O2S. The van der Waals surface area contributed by atoms with Crippen LogP contribution in [0.15, 0.2) is 54.6 Å². The van der Waals surface area contributed by atoms with Gasteiger partial charge < -0.3 is 10.6 Å². The van der Waals surface area contributed by atoms with Crippen molar-refractivity contribution in [2.75, 3.05) is 23.4 Å². The summed E-state index contributed by atoms with van der Waals surface area (Å²) in [6.45, 7) is 4.74.